The second kappa shape index (κ2) is 15.2. The molecule has 0 aromatic heterocycles. The first-order valence-corrected chi connectivity index (χ1v) is 12.9. The van der Waals surface area contributed by atoms with E-state index in [0.29, 0.717) is 0 Å². The Hall–Kier alpha value is -3.14. The van der Waals surface area contributed by atoms with Crippen LogP contribution < -0.4 is 0 Å². The Bertz CT molecular complexity index is 1030. The largest absolute Gasteiger partial charge is 0.455 e. The molecule has 2 fully saturated rings. The molecule has 0 bridgehead atoms. The highest BCUT2D eigenvalue weighted by molar-refractivity contribution is 5.68. The van der Waals surface area contributed by atoms with Crippen LogP contribution in [0.5, 0.6) is 0 Å². The first-order valence-electron chi connectivity index (χ1n) is 12.9. The van der Waals surface area contributed by atoms with Crippen LogP contribution in [0.15, 0.2) is 30.3 Å². The quantitative estimate of drug-likeness (QED) is 0.280. The second-order valence-corrected chi connectivity index (χ2v) is 9.44. The number of hydrogen-bond donors (Lipinski definition) is 1. The number of benzene rings is 1. The highest BCUT2D eigenvalue weighted by atomic mass is 16.8. The standard InChI is InChI=1S/C27H36O14/c1-14(28)36-22-20(13-35-26(33-5)24(22)38-16(3)30)41-27-25(39-17(4)31)23(37-15(2)29)21(32)19(40-27)12-34-11-18-9-7-6-8-10-18/h6-10,19-27,32H,11-13H2,1-5H3/t19-,20-,21-,22+,23+,24-,25+,26-,27-/m1/s1. The number of rotatable bonds is 11. The number of esters is 4. The molecule has 1 aromatic carbocycles. The van der Waals surface area contributed by atoms with Gasteiger partial charge in [0.05, 0.1) is 19.8 Å². The van der Waals surface area contributed by atoms with E-state index in [1.54, 1.807) is 0 Å². The smallest absolute Gasteiger partial charge is 0.303 e. The Morgan fingerprint density at radius 1 is 0.805 bits per heavy atom. The summed E-state index contributed by atoms with van der Waals surface area (Å²) in [5.41, 5.74) is 0.868. The Morgan fingerprint density at radius 2 is 1.34 bits per heavy atom. The van der Waals surface area contributed by atoms with Crippen LogP contribution in [0.1, 0.15) is 33.3 Å². The molecule has 2 heterocycles. The van der Waals surface area contributed by atoms with Crippen molar-refractivity contribution < 1.29 is 66.9 Å². The van der Waals surface area contributed by atoms with Crippen LogP contribution in [0.25, 0.3) is 0 Å². The summed E-state index contributed by atoms with van der Waals surface area (Å²) in [6.45, 7) is 4.38. The third kappa shape index (κ3) is 9.18. The number of ether oxygens (including phenoxy) is 9. The zero-order valence-electron chi connectivity index (χ0n) is 23.5. The molecule has 0 amide bonds. The van der Waals surface area contributed by atoms with Crippen LogP contribution in [0.2, 0.25) is 0 Å². The first-order chi connectivity index (χ1) is 19.5. The van der Waals surface area contributed by atoms with E-state index in [0.717, 1.165) is 33.3 Å². The van der Waals surface area contributed by atoms with Crippen molar-refractivity contribution in [3.63, 3.8) is 0 Å². The van der Waals surface area contributed by atoms with Crippen molar-refractivity contribution >= 4 is 23.9 Å². The van der Waals surface area contributed by atoms with Gasteiger partial charge in [-0.1, -0.05) is 30.3 Å². The van der Waals surface area contributed by atoms with Gasteiger partial charge < -0.3 is 47.7 Å². The van der Waals surface area contributed by atoms with E-state index >= 15 is 0 Å². The number of aliphatic hydroxyl groups excluding tert-OH is 1. The molecule has 1 N–H and O–H groups in total. The third-order valence-corrected chi connectivity index (χ3v) is 6.14. The molecule has 228 valence electrons. The van der Waals surface area contributed by atoms with Crippen molar-refractivity contribution in [1.29, 1.82) is 0 Å². The molecule has 14 heteroatoms. The van der Waals surface area contributed by atoms with E-state index in [1.165, 1.54) is 7.11 Å². The third-order valence-electron chi connectivity index (χ3n) is 6.14. The van der Waals surface area contributed by atoms with Gasteiger partial charge in [-0.3, -0.25) is 19.2 Å². The van der Waals surface area contributed by atoms with Gasteiger partial charge in [0, 0.05) is 34.8 Å². The van der Waals surface area contributed by atoms with Crippen molar-refractivity contribution in [2.75, 3.05) is 20.3 Å². The van der Waals surface area contributed by atoms with Crippen LogP contribution >= 0.6 is 0 Å². The molecular formula is C27H36O14. The lowest BCUT2D eigenvalue weighted by molar-refractivity contribution is -0.345. The van der Waals surface area contributed by atoms with Crippen molar-refractivity contribution in [2.45, 2.75) is 89.6 Å². The monoisotopic (exact) mass is 584 g/mol. The lowest BCUT2D eigenvalue weighted by Crippen LogP contribution is -2.64. The van der Waals surface area contributed by atoms with Gasteiger partial charge in [0.2, 0.25) is 0 Å². The predicted molar refractivity (Wildman–Crippen MR) is 135 cm³/mol. The fourth-order valence-corrected chi connectivity index (χ4v) is 4.53. The summed E-state index contributed by atoms with van der Waals surface area (Å²) in [5.74, 6) is -2.94. The number of aliphatic hydroxyl groups is 1. The van der Waals surface area contributed by atoms with Gasteiger partial charge in [0.15, 0.2) is 37.0 Å². The lowest BCUT2D eigenvalue weighted by Gasteiger charge is -2.46. The van der Waals surface area contributed by atoms with Crippen molar-refractivity contribution in [2.24, 2.45) is 0 Å². The van der Waals surface area contributed by atoms with E-state index in [1.807, 2.05) is 30.3 Å². The van der Waals surface area contributed by atoms with E-state index in [9.17, 15) is 24.3 Å². The Labute approximate surface area is 237 Å². The minimum atomic E-state index is -1.47. The van der Waals surface area contributed by atoms with Gasteiger partial charge in [0.1, 0.15) is 18.3 Å². The normalized spacial score (nSPS) is 31.5. The first kappa shape index (κ1) is 32.4. The molecule has 0 saturated carbocycles. The molecule has 41 heavy (non-hydrogen) atoms. The maximum absolute atomic E-state index is 12.0. The Morgan fingerprint density at radius 3 is 1.90 bits per heavy atom. The average molecular weight is 585 g/mol. The summed E-state index contributed by atoms with van der Waals surface area (Å²) >= 11 is 0. The summed E-state index contributed by atoms with van der Waals surface area (Å²) in [7, 11) is 1.32. The highest BCUT2D eigenvalue weighted by Crippen LogP contribution is 2.32. The summed E-state index contributed by atoms with van der Waals surface area (Å²) in [5, 5.41) is 11.1. The maximum atomic E-state index is 12.0. The van der Waals surface area contributed by atoms with Gasteiger partial charge in [-0.25, -0.2) is 0 Å². The SMILES string of the molecule is CO[C@@H]1OC[C@@H](O[C@H]2O[C@H](COCc3ccccc3)[C@@H](O)[C@H](OC(C)=O)[C@@H]2OC(C)=O)[C@H](OC(C)=O)[C@H]1OC(C)=O. The molecule has 2 aliphatic heterocycles. The fraction of sp³-hybridized carbons (Fsp3) is 0.630. The summed E-state index contributed by atoms with van der Waals surface area (Å²) < 4.78 is 50.2. The minimum Gasteiger partial charge on any atom is -0.455 e. The molecule has 0 aliphatic carbocycles. The van der Waals surface area contributed by atoms with Crippen LogP contribution in [0, 0.1) is 0 Å². The number of carbonyl (C=O) groups excluding carboxylic acids is 4. The molecule has 9 atom stereocenters. The van der Waals surface area contributed by atoms with Crippen LogP contribution in [-0.2, 0) is 68.4 Å². The summed E-state index contributed by atoms with van der Waals surface area (Å²) in [6.07, 6.45) is -11.6. The number of hydrogen-bond acceptors (Lipinski definition) is 14. The van der Waals surface area contributed by atoms with Gasteiger partial charge in [-0.05, 0) is 5.56 Å². The summed E-state index contributed by atoms with van der Waals surface area (Å²) in [4.78, 5) is 47.8. The van der Waals surface area contributed by atoms with E-state index < -0.39 is 79.2 Å². The Kier molecular flexibility index (Phi) is 12.0. The van der Waals surface area contributed by atoms with E-state index in [-0.39, 0.29) is 19.8 Å². The Balaban J connectivity index is 1.88. The molecular weight excluding hydrogens is 548 g/mol. The number of carbonyl (C=O) groups is 4. The summed E-state index contributed by atoms with van der Waals surface area (Å²) in [6, 6.07) is 9.26. The molecule has 0 spiro atoms. The molecule has 1 aromatic rings. The zero-order valence-corrected chi connectivity index (χ0v) is 23.5. The van der Waals surface area contributed by atoms with Gasteiger partial charge in [-0.15, -0.1) is 0 Å². The predicted octanol–water partition coefficient (Wildman–Crippen LogP) is 0.404. The van der Waals surface area contributed by atoms with E-state index in [4.69, 9.17) is 42.6 Å². The maximum Gasteiger partial charge on any atom is 0.303 e. The fourth-order valence-electron chi connectivity index (χ4n) is 4.53. The number of methoxy groups -OCH3 is 1. The van der Waals surface area contributed by atoms with Crippen molar-refractivity contribution in [3.8, 4) is 0 Å². The van der Waals surface area contributed by atoms with Gasteiger partial charge >= 0.3 is 23.9 Å². The average Bonchev–Trinajstić information content (AvgIpc) is 2.90. The van der Waals surface area contributed by atoms with Crippen molar-refractivity contribution in [3.05, 3.63) is 35.9 Å². The van der Waals surface area contributed by atoms with Gasteiger partial charge in [0.25, 0.3) is 0 Å². The molecule has 0 unspecified atom stereocenters. The minimum absolute atomic E-state index is 0.156. The van der Waals surface area contributed by atoms with Crippen LogP contribution in [0.4, 0.5) is 0 Å². The van der Waals surface area contributed by atoms with Crippen LogP contribution in [-0.4, -0.2) is 105 Å². The lowest BCUT2D eigenvalue weighted by atomic mass is 9.98. The topological polar surface area (TPSA) is 172 Å². The molecule has 2 saturated heterocycles. The molecule has 14 nitrogen and oxygen atoms in total. The van der Waals surface area contributed by atoms with Gasteiger partial charge in [-0.2, -0.15) is 0 Å². The molecule has 2 aliphatic rings. The molecule has 3 rings (SSSR count). The molecule has 0 radical (unpaired) electrons. The van der Waals surface area contributed by atoms with E-state index in [2.05, 4.69) is 0 Å². The highest BCUT2D eigenvalue weighted by Gasteiger charge is 2.53. The van der Waals surface area contributed by atoms with Crippen LogP contribution in [0.3, 0.4) is 0 Å². The second-order valence-electron chi connectivity index (χ2n) is 9.44. The van der Waals surface area contributed by atoms with Crippen molar-refractivity contribution in [1.82, 2.24) is 0 Å². The zero-order chi connectivity index (χ0) is 30.1.